The number of nitrogen functional groups attached to an aromatic ring is 1. The van der Waals surface area contributed by atoms with Gasteiger partial charge in [0.2, 0.25) is 5.95 Å². The Bertz CT molecular complexity index is 891. The van der Waals surface area contributed by atoms with Crippen molar-refractivity contribution in [1.29, 1.82) is 0 Å². The van der Waals surface area contributed by atoms with E-state index in [1.54, 1.807) is 13.8 Å². The van der Waals surface area contributed by atoms with Crippen LogP contribution < -0.4 is 5.73 Å². The van der Waals surface area contributed by atoms with E-state index in [0.717, 1.165) is 4.68 Å². The molecule has 0 unspecified atom stereocenters. The van der Waals surface area contributed by atoms with E-state index in [4.69, 9.17) is 16.4 Å². The van der Waals surface area contributed by atoms with Crippen molar-refractivity contribution in [1.82, 2.24) is 14.8 Å². The SMILES string of the molecule is Cc1cc(-n2nc(C(F)(F)F)nc2N)c(C(C)C)cc1S(=O)(=O)Cl. The minimum Gasteiger partial charge on any atom is -0.368 e. The van der Waals surface area contributed by atoms with Crippen molar-refractivity contribution in [3.05, 3.63) is 29.1 Å². The van der Waals surface area contributed by atoms with Crippen molar-refractivity contribution < 1.29 is 21.6 Å². The molecule has 0 saturated carbocycles. The summed E-state index contributed by atoms with van der Waals surface area (Å²) in [5.41, 5.74) is 6.45. The van der Waals surface area contributed by atoms with Crippen LogP contribution in [0.2, 0.25) is 0 Å². The maximum absolute atomic E-state index is 12.8. The number of halogens is 4. The zero-order valence-electron chi connectivity index (χ0n) is 12.9. The lowest BCUT2D eigenvalue weighted by Gasteiger charge is -2.16. The number of rotatable bonds is 3. The number of nitrogens with zero attached hydrogens (tertiary/aromatic N) is 3. The van der Waals surface area contributed by atoms with E-state index < -0.39 is 27.0 Å². The summed E-state index contributed by atoms with van der Waals surface area (Å²) < 4.78 is 62.4. The van der Waals surface area contributed by atoms with Crippen LogP contribution in [0.5, 0.6) is 0 Å². The van der Waals surface area contributed by atoms with Gasteiger partial charge in [-0.15, -0.1) is 5.10 Å². The molecule has 2 aromatic rings. The minimum absolute atomic E-state index is 0.119. The van der Waals surface area contributed by atoms with E-state index in [1.807, 2.05) is 0 Å². The predicted molar refractivity (Wildman–Crippen MR) is 82.6 cm³/mol. The van der Waals surface area contributed by atoms with Gasteiger partial charge in [-0.1, -0.05) is 13.8 Å². The van der Waals surface area contributed by atoms with Crippen LogP contribution in [0.1, 0.15) is 36.7 Å². The quantitative estimate of drug-likeness (QED) is 0.823. The molecule has 0 saturated heterocycles. The first-order chi connectivity index (χ1) is 10.8. The summed E-state index contributed by atoms with van der Waals surface area (Å²) >= 11 is 0. The maximum atomic E-state index is 12.8. The lowest BCUT2D eigenvalue weighted by molar-refractivity contribution is -0.144. The summed E-state index contributed by atoms with van der Waals surface area (Å²) in [5, 5.41) is 3.40. The lowest BCUT2D eigenvalue weighted by Crippen LogP contribution is -2.11. The number of hydrogen-bond donors (Lipinski definition) is 1. The van der Waals surface area contributed by atoms with Crippen LogP contribution in [0, 0.1) is 6.92 Å². The van der Waals surface area contributed by atoms with Crippen LogP contribution in [0.25, 0.3) is 5.69 Å². The number of aryl methyl sites for hydroxylation is 1. The van der Waals surface area contributed by atoms with Gasteiger partial charge < -0.3 is 5.73 Å². The molecule has 0 fully saturated rings. The fraction of sp³-hybridized carbons (Fsp3) is 0.385. The van der Waals surface area contributed by atoms with E-state index in [0.29, 0.717) is 5.56 Å². The Labute approximate surface area is 140 Å². The van der Waals surface area contributed by atoms with E-state index in [1.165, 1.54) is 19.1 Å². The molecule has 0 bridgehead atoms. The standard InChI is InChI=1S/C13H14ClF3N4O2S/c1-6(2)8-5-10(24(14,22)23)7(3)4-9(8)21-12(18)19-11(20-21)13(15,16)17/h4-6H,1-3H3,(H2,18,19,20). The van der Waals surface area contributed by atoms with E-state index >= 15 is 0 Å². The number of alkyl halides is 3. The Balaban J connectivity index is 2.76. The monoisotopic (exact) mass is 382 g/mol. The second-order valence-electron chi connectivity index (χ2n) is 5.47. The molecule has 0 amide bonds. The second-order valence-corrected chi connectivity index (χ2v) is 8.01. The fourth-order valence-corrected chi connectivity index (χ4v) is 3.43. The molecule has 2 rings (SSSR count). The van der Waals surface area contributed by atoms with Gasteiger partial charge in [-0.2, -0.15) is 22.8 Å². The van der Waals surface area contributed by atoms with Crippen LogP contribution in [0.15, 0.2) is 17.0 Å². The minimum atomic E-state index is -4.74. The van der Waals surface area contributed by atoms with Crippen molar-refractivity contribution >= 4 is 25.7 Å². The highest BCUT2D eigenvalue weighted by molar-refractivity contribution is 8.13. The Morgan fingerprint density at radius 3 is 2.29 bits per heavy atom. The van der Waals surface area contributed by atoms with Crippen molar-refractivity contribution in [2.45, 2.75) is 37.8 Å². The summed E-state index contributed by atoms with van der Waals surface area (Å²) in [4.78, 5) is 3.10. The molecule has 1 aromatic heterocycles. The second kappa shape index (κ2) is 5.92. The first kappa shape index (κ1) is 18.5. The molecule has 0 aliphatic carbocycles. The first-order valence-electron chi connectivity index (χ1n) is 6.71. The van der Waals surface area contributed by atoms with E-state index in [-0.39, 0.29) is 22.1 Å². The summed E-state index contributed by atoms with van der Waals surface area (Å²) in [6, 6.07) is 2.68. The van der Waals surface area contributed by atoms with Gasteiger partial charge in [0.05, 0.1) is 10.6 Å². The topological polar surface area (TPSA) is 90.9 Å². The van der Waals surface area contributed by atoms with Gasteiger partial charge in [0.25, 0.3) is 14.9 Å². The van der Waals surface area contributed by atoms with Crippen LogP contribution in [-0.4, -0.2) is 23.2 Å². The number of benzene rings is 1. The van der Waals surface area contributed by atoms with Crippen LogP contribution in [0.3, 0.4) is 0 Å². The molecule has 0 aliphatic heterocycles. The van der Waals surface area contributed by atoms with E-state index in [9.17, 15) is 21.6 Å². The van der Waals surface area contributed by atoms with Gasteiger partial charge in [-0.25, -0.2) is 8.42 Å². The molecule has 0 atom stereocenters. The molecular formula is C13H14ClF3N4O2S. The molecule has 0 spiro atoms. The van der Waals surface area contributed by atoms with Gasteiger partial charge >= 0.3 is 6.18 Å². The summed E-state index contributed by atoms with van der Waals surface area (Å²) in [6.07, 6.45) is -4.74. The van der Waals surface area contributed by atoms with Crippen molar-refractivity contribution in [2.24, 2.45) is 0 Å². The smallest absolute Gasteiger partial charge is 0.368 e. The Hall–Kier alpha value is -1.81. The zero-order valence-corrected chi connectivity index (χ0v) is 14.5. The predicted octanol–water partition coefficient (Wildman–Crippen LogP) is 3.23. The van der Waals surface area contributed by atoms with E-state index in [2.05, 4.69) is 10.1 Å². The third-order valence-electron chi connectivity index (χ3n) is 3.32. The van der Waals surface area contributed by atoms with Crippen LogP contribution >= 0.6 is 10.7 Å². The maximum Gasteiger partial charge on any atom is 0.453 e. The Morgan fingerprint density at radius 1 is 1.29 bits per heavy atom. The summed E-state index contributed by atoms with van der Waals surface area (Å²) in [7, 11) is 1.40. The lowest BCUT2D eigenvalue weighted by atomic mass is 9.99. The largest absolute Gasteiger partial charge is 0.453 e. The van der Waals surface area contributed by atoms with Gasteiger partial charge in [0.15, 0.2) is 0 Å². The molecule has 1 aromatic carbocycles. The first-order valence-corrected chi connectivity index (χ1v) is 9.02. The fourth-order valence-electron chi connectivity index (χ4n) is 2.22. The number of aromatic nitrogens is 3. The highest BCUT2D eigenvalue weighted by Gasteiger charge is 2.37. The molecule has 132 valence electrons. The highest BCUT2D eigenvalue weighted by atomic mass is 35.7. The molecular weight excluding hydrogens is 369 g/mol. The molecule has 24 heavy (non-hydrogen) atoms. The van der Waals surface area contributed by atoms with Gasteiger partial charge in [-0.05, 0) is 36.1 Å². The van der Waals surface area contributed by atoms with Crippen molar-refractivity contribution in [2.75, 3.05) is 5.73 Å². The van der Waals surface area contributed by atoms with Crippen molar-refractivity contribution in [3.63, 3.8) is 0 Å². The number of nitrogens with two attached hydrogens (primary N) is 1. The zero-order chi connectivity index (χ0) is 18.4. The average Bonchev–Trinajstić information content (AvgIpc) is 2.78. The third-order valence-corrected chi connectivity index (χ3v) is 4.79. The van der Waals surface area contributed by atoms with Gasteiger partial charge in [-0.3, -0.25) is 0 Å². The highest BCUT2D eigenvalue weighted by Crippen LogP contribution is 2.33. The molecule has 0 aliphatic rings. The average molecular weight is 383 g/mol. The van der Waals surface area contributed by atoms with Crippen molar-refractivity contribution in [3.8, 4) is 5.69 Å². The normalized spacial score (nSPS) is 12.8. The van der Waals surface area contributed by atoms with Crippen LogP contribution in [0.4, 0.5) is 19.1 Å². The number of anilines is 1. The molecule has 6 nitrogen and oxygen atoms in total. The summed E-state index contributed by atoms with van der Waals surface area (Å²) in [5.74, 6) is -2.05. The number of hydrogen-bond acceptors (Lipinski definition) is 5. The molecule has 2 N–H and O–H groups in total. The Morgan fingerprint density at radius 2 is 1.88 bits per heavy atom. The summed E-state index contributed by atoms with van der Waals surface area (Å²) in [6.45, 7) is 4.97. The molecule has 0 radical (unpaired) electrons. The van der Waals surface area contributed by atoms with Crippen LogP contribution in [-0.2, 0) is 15.2 Å². The third kappa shape index (κ3) is 3.48. The van der Waals surface area contributed by atoms with Gasteiger partial charge in [0, 0.05) is 10.7 Å². The molecule has 11 heteroatoms. The Kier molecular flexibility index (Phi) is 4.57. The molecule has 1 heterocycles. The van der Waals surface area contributed by atoms with Gasteiger partial charge in [0.1, 0.15) is 0 Å².